The molecule has 0 saturated carbocycles. The van der Waals surface area contributed by atoms with Crippen LogP contribution in [-0.2, 0) is 11.3 Å². The van der Waals surface area contributed by atoms with Crippen molar-refractivity contribution >= 4 is 5.91 Å². The average molecular weight is 288 g/mol. The molecule has 0 aliphatic rings. The summed E-state index contributed by atoms with van der Waals surface area (Å²) in [4.78, 5) is 11.4. The molecule has 5 nitrogen and oxygen atoms in total. The normalized spacial score (nSPS) is 10.4. The van der Waals surface area contributed by atoms with Gasteiger partial charge in [0.2, 0.25) is 5.91 Å². The Morgan fingerprint density at radius 1 is 1.35 bits per heavy atom. The highest BCUT2D eigenvalue weighted by atomic mass is 19.3. The summed E-state index contributed by atoms with van der Waals surface area (Å²) in [5.41, 5.74) is 0.652. The third-order valence-electron chi connectivity index (χ3n) is 2.54. The molecule has 1 rings (SSSR count). The fourth-order valence-corrected chi connectivity index (χ4v) is 1.55. The molecule has 0 atom stereocenters. The standard InChI is InChI=1S/C13H18F2N2O3/c1-16-6-5-12(18)17-8-9-3-4-10(19-2)11(7-9)20-13(14)15/h3-4,7,13,16H,5-6,8H2,1-2H3,(H,17,18). The Hall–Kier alpha value is -1.89. The number of halogens is 2. The van der Waals surface area contributed by atoms with Gasteiger partial charge >= 0.3 is 6.61 Å². The summed E-state index contributed by atoms with van der Waals surface area (Å²) in [6, 6.07) is 4.62. The molecule has 1 aromatic rings. The van der Waals surface area contributed by atoms with Crippen LogP contribution in [0.5, 0.6) is 11.5 Å². The van der Waals surface area contributed by atoms with E-state index in [1.807, 2.05) is 0 Å². The minimum atomic E-state index is -2.93. The van der Waals surface area contributed by atoms with Crippen LogP contribution in [0.25, 0.3) is 0 Å². The zero-order chi connectivity index (χ0) is 15.0. The first-order valence-corrected chi connectivity index (χ1v) is 6.10. The van der Waals surface area contributed by atoms with Crippen LogP contribution in [0.2, 0.25) is 0 Å². The minimum absolute atomic E-state index is 0.0514. The molecule has 0 fully saturated rings. The van der Waals surface area contributed by atoms with Gasteiger partial charge in [-0.1, -0.05) is 6.07 Å². The number of ether oxygens (including phenoxy) is 2. The van der Waals surface area contributed by atoms with Crippen molar-refractivity contribution in [3.8, 4) is 11.5 Å². The highest BCUT2D eigenvalue weighted by Crippen LogP contribution is 2.29. The van der Waals surface area contributed by atoms with Crippen LogP contribution in [0.15, 0.2) is 18.2 Å². The van der Waals surface area contributed by atoms with Crippen LogP contribution in [0.4, 0.5) is 8.78 Å². The highest BCUT2D eigenvalue weighted by molar-refractivity contribution is 5.76. The maximum absolute atomic E-state index is 12.3. The van der Waals surface area contributed by atoms with Crippen LogP contribution in [-0.4, -0.2) is 33.2 Å². The van der Waals surface area contributed by atoms with E-state index in [0.29, 0.717) is 18.5 Å². The van der Waals surface area contributed by atoms with Crippen molar-refractivity contribution < 1.29 is 23.0 Å². The summed E-state index contributed by atoms with van der Waals surface area (Å²) < 4.78 is 33.8. The van der Waals surface area contributed by atoms with Crippen molar-refractivity contribution in [1.29, 1.82) is 0 Å². The molecular weight excluding hydrogens is 270 g/mol. The van der Waals surface area contributed by atoms with Crippen molar-refractivity contribution in [2.24, 2.45) is 0 Å². The lowest BCUT2D eigenvalue weighted by Gasteiger charge is -2.12. The fourth-order valence-electron chi connectivity index (χ4n) is 1.55. The number of carbonyl (C=O) groups excluding carboxylic acids is 1. The van der Waals surface area contributed by atoms with Gasteiger partial charge in [0, 0.05) is 19.5 Å². The van der Waals surface area contributed by atoms with Crippen molar-refractivity contribution in [3.05, 3.63) is 23.8 Å². The predicted molar refractivity (Wildman–Crippen MR) is 70.0 cm³/mol. The van der Waals surface area contributed by atoms with E-state index in [0.717, 1.165) is 0 Å². The smallest absolute Gasteiger partial charge is 0.387 e. The van der Waals surface area contributed by atoms with Crippen LogP contribution >= 0.6 is 0 Å². The van der Waals surface area contributed by atoms with E-state index in [-0.39, 0.29) is 24.0 Å². The molecule has 0 radical (unpaired) electrons. The fraction of sp³-hybridized carbons (Fsp3) is 0.462. The van der Waals surface area contributed by atoms with E-state index < -0.39 is 6.61 Å². The molecule has 0 aromatic heterocycles. The topological polar surface area (TPSA) is 59.6 Å². The predicted octanol–water partition coefficient (Wildman–Crippen LogP) is 1.52. The lowest BCUT2D eigenvalue weighted by Crippen LogP contribution is -2.26. The molecule has 0 unspecified atom stereocenters. The number of carbonyl (C=O) groups is 1. The number of benzene rings is 1. The zero-order valence-corrected chi connectivity index (χ0v) is 11.4. The van der Waals surface area contributed by atoms with Crippen molar-refractivity contribution in [3.63, 3.8) is 0 Å². The van der Waals surface area contributed by atoms with Crippen LogP contribution in [0.1, 0.15) is 12.0 Å². The summed E-state index contributed by atoms with van der Waals surface area (Å²) in [6.45, 7) is -2.11. The largest absolute Gasteiger partial charge is 0.493 e. The van der Waals surface area contributed by atoms with Gasteiger partial charge in [-0.15, -0.1) is 0 Å². The summed E-state index contributed by atoms with van der Waals surface area (Å²) in [5.74, 6) is 0.0477. The summed E-state index contributed by atoms with van der Waals surface area (Å²) in [6.07, 6.45) is 0.354. The van der Waals surface area contributed by atoms with Gasteiger partial charge in [-0.25, -0.2) is 0 Å². The Morgan fingerprint density at radius 2 is 2.10 bits per heavy atom. The third kappa shape index (κ3) is 5.40. The summed E-state index contributed by atoms with van der Waals surface area (Å²) in [7, 11) is 3.12. The highest BCUT2D eigenvalue weighted by Gasteiger charge is 2.11. The monoisotopic (exact) mass is 288 g/mol. The third-order valence-corrected chi connectivity index (χ3v) is 2.54. The lowest BCUT2D eigenvalue weighted by molar-refractivity contribution is -0.121. The maximum atomic E-state index is 12.3. The van der Waals surface area contributed by atoms with Crippen LogP contribution in [0, 0.1) is 0 Å². The SMILES string of the molecule is CNCCC(=O)NCc1ccc(OC)c(OC(F)F)c1. The van der Waals surface area contributed by atoms with E-state index in [2.05, 4.69) is 15.4 Å². The van der Waals surface area contributed by atoms with Crippen molar-refractivity contribution in [2.45, 2.75) is 19.6 Å². The number of hydrogen-bond acceptors (Lipinski definition) is 4. The molecule has 112 valence electrons. The molecule has 2 N–H and O–H groups in total. The molecule has 0 heterocycles. The first-order chi connectivity index (χ1) is 9.56. The molecule has 1 aromatic carbocycles. The Kier molecular flexibility index (Phi) is 6.72. The molecule has 0 aliphatic heterocycles. The van der Waals surface area contributed by atoms with Gasteiger partial charge in [0.1, 0.15) is 0 Å². The Morgan fingerprint density at radius 3 is 2.70 bits per heavy atom. The Balaban J connectivity index is 2.64. The van der Waals surface area contributed by atoms with Crippen LogP contribution in [0.3, 0.4) is 0 Å². The van der Waals surface area contributed by atoms with Gasteiger partial charge in [0.05, 0.1) is 7.11 Å². The second kappa shape index (κ2) is 8.31. The molecule has 20 heavy (non-hydrogen) atoms. The molecule has 1 amide bonds. The van der Waals surface area contributed by atoms with E-state index in [4.69, 9.17) is 4.74 Å². The van der Waals surface area contributed by atoms with Gasteiger partial charge in [0.15, 0.2) is 11.5 Å². The van der Waals surface area contributed by atoms with Gasteiger partial charge in [0.25, 0.3) is 0 Å². The van der Waals surface area contributed by atoms with Gasteiger partial charge in [-0.2, -0.15) is 8.78 Å². The number of hydrogen-bond donors (Lipinski definition) is 2. The Bertz CT molecular complexity index is 442. The lowest BCUT2D eigenvalue weighted by atomic mass is 10.2. The number of rotatable bonds is 8. The van der Waals surface area contributed by atoms with Gasteiger partial charge in [-0.3, -0.25) is 4.79 Å². The first kappa shape index (κ1) is 16.2. The molecule has 0 spiro atoms. The van der Waals surface area contributed by atoms with Crippen molar-refractivity contribution in [2.75, 3.05) is 20.7 Å². The zero-order valence-electron chi connectivity index (χ0n) is 11.4. The molecule has 0 saturated heterocycles. The summed E-state index contributed by atoms with van der Waals surface area (Å²) in [5, 5.41) is 5.55. The number of nitrogens with one attached hydrogen (secondary N) is 2. The quantitative estimate of drug-likeness (QED) is 0.761. The number of methoxy groups -OCH3 is 1. The molecule has 7 heteroatoms. The maximum Gasteiger partial charge on any atom is 0.387 e. The summed E-state index contributed by atoms with van der Waals surface area (Å²) >= 11 is 0. The van der Waals surface area contributed by atoms with Crippen LogP contribution < -0.4 is 20.1 Å². The minimum Gasteiger partial charge on any atom is -0.493 e. The Labute approximate surface area is 116 Å². The molecule has 0 bridgehead atoms. The van der Waals surface area contributed by atoms with Crippen molar-refractivity contribution in [1.82, 2.24) is 10.6 Å². The first-order valence-electron chi connectivity index (χ1n) is 6.10. The molecule has 0 aliphatic carbocycles. The van der Waals surface area contributed by atoms with Gasteiger partial charge in [-0.05, 0) is 24.7 Å². The number of alkyl halides is 2. The second-order valence-corrected chi connectivity index (χ2v) is 3.99. The van der Waals surface area contributed by atoms with E-state index >= 15 is 0 Å². The van der Waals surface area contributed by atoms with E-state index in [1.165, 1.54) is 19.2 Å². The van der Waals surface area contributed by atoms with E-state index in [9.17, 15) is 13.6 Å². The average Bonchev–Trinajstić information content (AvgIpc) is 2.42. The number of amides is 1. The van der Waals surface area contributed by atoms with E-state index in [1.54, 1.807) is 13.1 Å². The second-order valence-electron chi connectivity index (χ2n) is 3.99. The molecular formula is C13H18F2N2O3. The van der Waals surface area contributed by atoms with Gasteiger partial charge < -0.3 is 20.1 Å².